The number of tetrazole rings is 2. The highest BCUT2D eigenvalue weighted by Gasteiger charge is 2.29. The Morgan fingerprint density at radius 1 is 0.717 bits per heavy atom. The Kier molecular flexibility index (Phi) is 8.80. The van der Waals surface area contributed by atoms with Gasteiger partial charge in [0.1, 0.15) is 0 Å². The molecule has 0 aliphatic carbocycles. The molecule has 4 aromatic heterocycles. The van der Waals surface area contributed by atoms with Gasteiger partial charge in [-0.3, -0.25) is 9.80 Å². The summed E-state index contributed by atoms with van der Waals surface area (Å²) < 4.78 is 11.4. The molecule has 2 unspecified atom stereocenters. The summed E-state index contributed by atoms with van der Waals surface area (Å²) in [6.45, 7) is 0.928. The standard InChI is InChI=1S/C30H34N12O4/c1-39(2)27(11-21-13-31-25-7-5-19(9-23(21)25)15-41-35-17-33-37-41)45-29(43)30(44)46-28(40(3)4)12-22-14-32-26-8-6-20(10-24(22)26)16-42-36-18-34-38-42/h5-10,13-14,17-18,27-28,31-32H,11-12,15-16H2,1-4H3. The van der Waals surface area contributed by atoms with E-state index in [2.05, 4.69) is 40.8 Å². The molecule has 16 heteroatoms. The van der Waals surface area contributed by atoms with Gasteiger partial charge in [-0.05, 0) is 85.1 Å². The van der Waals surface area contributed by atoms with Gasteiger partial charge >= 0.3 is 11.9 Å². The third kappa shape index (κ3) is 6.92. The number of esters is 2. The van der Waals surface area contributed by atoms with Gasteiger partial charge in [0, 0.05) is 47.0 Å². The van der Waals surface area contributed by atoms with Crippen LogP contribution in [0, 0.1) is 0 Å². The minimum absolute atomic E-state index is 0.343. The molecule has 0 aliphatic rings. The van der Waals surface area contributed by atoms with Crippen LogP contribution in [0.1, 0.15) is 22.3 Å². The van der Waals surface area contributed by atoms with E-state index in [4.69, 9.17) is 9.47 Å². The van der Waals surface area contributed by atoms with Gasteiger partial charge in [0.05, 0.1) is 13.1 Å². The summed E-state index contributed by atoms with van der Waals surface area (Å²) in [6, 6.07) is 12.0. The van der Waals surface area contributed by atoms with E-state index in [1.165, 1.54) is 22.2 Å². The molecule has 6 aromatic rings. The van der Waals surface area contributed by atoms with E-state index in [9.17, 15) is 9.59 Å². The number of carbonyl (C=O) groups excluding carboxylic acids is 2. The number of rotatable bonds is 12. The number of carbonyl (C=O) groups is 2. The smallest absolute Gasteiger partial charge is 0.419 e. The monoisotopic (exact) mass is 626 g/mol. The van der Waals surface area contributed by atoms with Crippen molar-refractivity contribution in [2.45, 2.75) is 38.4 Å². The molecule has 2 N–H and O–H groups in total. The van der Waals surface area contributed by atoms with Crippen LogP contribution in [0.25, 0.3) is 21.8 Å². The normalized spacial score (nSPS) is 13.1. The molecule has 16 nitrogen and oxygen atoms in total. The predicted molar refractivity (Wildman–Crippen MR) is 165 cm³/mol. The van der Waals surface area contributed by atoms with Crippen LogP contribution in [0.3, 0.4) is 0 Å². The lowest BCUT2D eigenvalue weighted by atomic mass is 10.1. The van der Waals surface area contributed by atoms with Crippen LogP contribution in [0.15, 0.2) is 61.4 Å². The van der Waals surface area contributed by atoms with Gasteiger partial charge in [0.15, 0.2) is 25.1 Å². The van der Waals surface area contributed by atoms with Gasteiger partial charge in [0.25, 0.3) is 0 Å². The molecule has 0 saturated heterocycles. The molecular formula is C30H34N12O4. The fourth-order valence-corrected chi connectivity index (χ4v) is 5.21. The number of likely N-dealkylation sites (N-methyl/N-ethyl adjacent to an activating group) is 2. The molecule has 0 fully saturated rings. The number of aromatic amines is 2. The highest BCUT2D eigenvalue weighted by molar-refractivity contribution is 6.29. The molecule has 0 aliphatic heterocycles. The van der Waals surface area contributed by atoms with Gasteiger partial charge in [-0.1, -0.05) is 12.1 Å². The Morgan fingerprint density at radius 3 is 1.52 bits per heavy atom. The van der Waals surface area contributed by atoms with Crippen LogP contribution < -0.4 is 0 Å². The van der Waals surface area contributed by atoms with Crippen molar-refractivity contribution in [3.05, 3.63) is 83.7 Å². The third-order valence-corrected chi connectivity index (χ3v) is 7.69. The third-order valence-electron chi connectivity index (χ3n) is 7.69. The maximum atomic E-state index is 13.1. The number of fused-ring (bicyclic) bond motifs is 2. The Morgan fingerprint density at radius 2 is 1.15 bits per heavy atom. The lowest BCUT2D eigenvalue weighted by Crippen LogP contribution is -2.40. The van der Waals surface area contributed by atoms with Crippen LogP contribution in [0.5, 0.6) is 0 Å². The summed E-state index contributed by atoms with van der Waals surface area (Å²) in [7, 11) is 7.14. The average Bonchev–Trinajstić information content (AvgIpc) is 3.86. The molecule has 0 spiro atoms. The number of nitrogens with zero attached hydrogens (tertiary/aromatic N) is 10. The van der Waals surface area contributed by atoms with Crippen LogP contribution in [0.2, 0.25) is 0 Å². The Balaban J connectivity index is 1.12. The Labute approximate surface area is 263 Å². The van der Waals surface area contributed by atoms with Crippen molar-refractivity contribution >= 4 is 33.7 Å². The van der Waals surface area contributed by atoms with Crippen molar-refractivity contribution in [1.82, 2.24) is 60.2 Å². The van der Waals surface area contributed by atoms with E-state index >= 15 is 0 Å². The zero-order chi connectivity index (χ0) is 32.2. The van der Waals surface area contributed by atoms with Gasteiger partial charge in [-0.15, -0.1) is 20.4 Å². The summed E-state index contributed by atoms with van der Waals surface area (Å²) in [6.07, 6.45) is 5.78. The highest BCUT2D eigenvalue weighted by Crippen LogP contribution is 2.24. The van der Waals surface area contributed by atoms with Crippen LogP contribution >= 0.6 is 0 Å². The SMILES string of the molecule is CN(C)C(Cc1c[nH]c2ccc(Cn3ncnn3)cc12)OC(=O)C(=O)OC(Cc1c[nH]c2ccc(Cn3ncnn3)cc12)N(C)C. The van der Waals surface area contributed by atoms with Crippen LogP contribution in [-0.4, -0.2) is 113 Å². The minimum Gasteiger partial charge on any atom is -0.438 e. The first-order valence-electron chi connectivity index (χ1n) is 14.6. The second-order valence-electron chi connectivity index (χ2n) is 11.4. The topological polar surface area (TPSA) is 178 Å². The summed E-state index contributed by atoms with van der Waals surface area (Å²) >= 11 is 0. The van der Waals surface area contributed by atoms with Crippen LogP contribution in [0.4, 0.5) is 0 Å². The molecule has 2 atom stereocenters. The van der Waals surface area contributed by atoms with E-state index < -0.39 is 24.4 Å². The number of nitrogens with one attached hydrogen (secondary N) is 2. The molecule has 0 radical (unpaired) electrons. The first-order chi connectivity index (χ1) is 22.2. The fraction of sp³-hybridized carbons (Fsp3) is 0.333. The van der Waals surface area contributed by atoms with Crippen LogP contribution in [-0.2, 0) is 45.0 Å². The quantitative estimate of drug-likeness (QED) is 0.113. The van der Waals surface area contributed by atoms with E-state index in [0.717, 1.165) is 44.1 Å². The van der Waals surface area contributed by atoms with Crippen molar-refractivity contribution in [2.75, 3.05) is 28.2 Å². The molecular weight excluding hydrogens is 592 g/mol. The maximum absolute atomic E-state index is 13.1. The summed E-state index contributed by atoms with van der Waals surface area (Å²) in [4.78, 5) is 39.1. The average molecular weight is 627 g/mol. The summed E-state index contributed by atoms with van der Waals surface area (Å²) in [5, 5.41) is 25.4. The zero-order valence-corrected chi connectivity index (χ0v) is 25.9. The minimum atomic E-state index is -1.06. The zero-order valence-electron chi connectivity index (χ0n) is 25.9. The molecule has 2 aromatic carbocycles. The van der Waals surface area contributed by atoms with E-state index in [1.807, 2.05) is 48.8 Å². The van der Waals surface area contributed by atoms with Gasteiger partial charge in [-0.2, -0.15) is 9.59 Å². The summed E-state index contributed by atoms with van der Waals surface area (Å²) in [5.41, 5.74) is 5.69. The number of ether oxygens (including phenoxy) is 2. The second kappa shape index (κ2) is 13.3. The van der Waals surface area contributed by atoms with E-state index in [0.29, 0.717) is 25.9 Å². The largest absolute Gasteiger partial charge is 0.438 e. The lowest BCUT2D eigenvalue weighted by molar-refractivity contribution is -0.182. The fourth-order valence-electron chi connectivity index (χ4n) is 5.21. The Bertz CT molecular complexity index is 1790. The molecule has 4 heterocycles. The van der Waals surface area contributed by atoms with Gasteiger partial charge in [0.2, 0.25) is 0 Å². The molecule has 6 rings (SSSR count). The van der Waals surface area contributed by atoms with E-state index in [1.54, 1.807) is 38.0 Å². The van der Waals surface area contributed by atoms with Gasteiger partial charge < -0.3 is 19.4 Å². The first kappa shape index (κ1) is 30.5. The highest BCUT2D eigenvalue weighted by atomic mass is 16.6. The molecule has 0 saturated carbocycles. The second-order valence-corrected chi connectivity index (χ2v) is 11.4. The lowest BCUT2D eigenvalue weighted by Gasteiger charge is -2.26. The summed E-state index contributed by atoms with van der Waals surface area (Å²) in [5.74, 6) is -2.13. The number of hydrogen-bond donors (Lipinski definition) is 2. The van der Waals surface area contributed by atoms with Crippen molar-refractivity contribution in [2.24, 2.45) is 0 Å². The predicted octanol–water partition coefficient (Wildman–Crippen LogP) is 1.37. The number of benzene rings is 2. The van der Waals surface area contributed by atoms with Crippen molar-refractivity contribution in [1.29, 1.82) is 0 Å². The molecule has 0 bridgehead atoms. The first-order valence-corrected chi connectivity index (χ1v) is 14.6. The number of aromatic nitrogens is 10. The Hall–Kier alpha value is -5.48. The molecule has 0 amide bonds. The molecule has 238 valence electrons. The van der Waals surface area contributed by atoms with E-state index in [-0.39, 0.29) is 0 Å². The van der Waals surface area contributed by atoms with Crippen molar-refractivity contribution < 1.29 is 19.1 Å². The van der Waals surface area contributed by atoms with Crippen molar-refractivity contribution in [3.63, 3.8) is 0 Å². The van der Waals surface area contributed by atoms with Gasteiger partial charge in [-0.25, -0.2) is 9.59 Å². The molecule has 46 heavy (non-hydrogen) atoms. The maximum Gasteiger partial charge on any atom is 0.419 e. The number of H-pyrrole nitrogens is 2. The van der Waals surface area contributed by atoms with Crippen molar-refractivity contribution in [3.8, 4) is 0 Å². The number of hydrogen-bond acceptors (Lipinski definition) is 12.